The van der Waals surface area contributed by atoms with Crippen molar-refractivity contribution in [3.05, 3.63) is 29.3 Å². The first kappa shape index (κ1) is 17.9. The molecule has 0 amide bonds. The first-order valence-corrected chi connectivity index (χ1v) is 6.74. The third kappa shape index (κ3) is 6.00. The van der Waals surface area contributed by atoms with E-state index in [0.29, 0.717) is 6.07 Å². The smallest absolute Gasteiger partial charge is 0.441 e. The fourth-order valence-corrected chi connectivity index (χ4v) is 1.86. The van der Waals surface area contributed by atoms with E-state index in [1.165, 1.54) is 6.07 Å². The monoisotopic (exact) mass is 349 g/mol. The highest BCUT2D eigenvalue weighted by molar-refractivity contribution is 8.00. The average molecular weight is 349 g/mol. The van der Waals surface area contributed by atoms with Gasteiger partial charge in [-0.3, -0.25) is 0 Å². The van der Waals surface area contributed by atoms with Crippen molar-refractivity contribution in [2.75, 3.05) is 12.4 Å². The van der Waals surface area contributed by atoms with E-state index in [-0.39, 0.29) is 22.3 Å². The number of nitrogens with two attached hydrogens (primary N) is 1. The third-order valence-corrected chi connectivity index (χ3v) is 3.11. The number of hydrogen-bond donors (Lipinski definition) is 1. The molecule has 1 rings (SSSR count). The maximum Gasteiger partial charge on any atom is 0.441 e. The van der Waals surface area contributed by atoms with Crippen LogP contribution in [0, 0.1) is 0 Å². The zero-order valence-electron chi connectivity index (χ0n) is 10.2. The molecule has 0 fully saturated rings. The van der Waals surface area contributed by atoms with Crippen molar-refractivity contribution < 1.29 is 31.1 Å². The lowest BCUT2D eigenvalue weighted by Gasteiger charge is -2.15. The van der Waals surface area contributed by atoms with Gasteiger partial charge in [0.1, 0.15) is 10.7 Å². The number of benzene rings is 1. The summed E-state index contributed by atoms with van der Waals surface area (Å²) in [5.41, 5.74) is -0.352. The normalized spacial score (nSPS) is 12.3. The van der Waals surface area contributed by atoms with E-state index >= 15 is 0 Å². The van der Waals surface area contributed by atoms with Crippen LogP contribution < -0.4 is 10.5 Å². The number of halogens is 6. The van der Waals surface area contributed by atoms with Crippen LogP contribution in [0.5, 0.6) is 5.75 Å². The number of thioether (sulfide) groups is 1. The molecule has 0 bridgehead atoms. The molecule has 0 unspecified atom stereocenters. The number of thiocarbonyl (C=S) groups is 1. The van der Waals surface area contributed by atoms with Gasteiger partial charge in [0.2, 0.25) is 0 Å². The molecule has 118 valence electrons. The van der Waals surface area contributed by atoms with Gasteiger partial charge in [0.05, 0.1) is 12.2 Å². The van der Waals surface area contributed by atoms with Crippen LogP contribution in [0.1, 0.15) is 11.1 Å². The van der Waals surface area contributed by atoms with Gasteiger partial charge in [0, 0.05) is 11.3 Å². The topological polar surface area (TPSA) is 35.2 Å². The number of rotatable bonds is 5. The molecule has 0 radical (unpaired) electrons. The summed E-state index contributed by atoms with van der Waals surface area (Å²) in [4.78, 5) is -0.223. The maximum absolute atomic E-state index is 12.8. The van der Waals surface area contributed by atoms with E-state index in [1.54, 1.807) is 0 Å². The van der Waals surface area contributed by atoms with E-state index in [1.807, 2.05) is 0 Å². The second kappa shape index (κ2) is 6.73. The van der Waals surface area contributed by atoms with Crippen LogP contribution in [0.4, 0.5) is 26.3 Å². The van der Waals surface area contributed by atoms with Gasteiger partial charge >= 0.3 is 11.7 Å². The first-order chi connectivity index (χ1) is 9.50. The number of ether oxygens (including phenoxy) is 1. The van der Waals surface area contributed by atoms with Gasteiger partial charge in [-0.25, -0.2) is 0 Å². The largest absolute Gasteiger partial charge is 0.492 e. The van der Waals surface area contributed by atoms with Crippen LogP contribution in [-0.2, 0) is 6.18 Å². The van der Waals surface area contributed by atoms with E-state index in [2.05, 4.69) is 12.2 Å². The fourth-order valence-electron chi connectivity index (χ4n) is 1.34. The number of alkyl halides is 6. The molecular weight excluding hydrogens is 340 g/mol. The zero-order chi connectivity index (χ0) is 16.3. The molecule has 0 heterocycles. The summed E-state index contributed by atoms with van der Waals surface area (Å²) in [6, 6.07) is 2.90. The Morgan fingerprint density at radius 1 is 1.19 bits per heavy atom. The minimum atomic E-state index is -4.73. The van der Waals surface area contributed by atoms with Crippen LogP contribution in [0.2, 0.25) is 0 Å². The minimum absolute atomic E-state index is 0.00524. The Morgan fingerprint density at radius 2 is 1.81 bits per heavy atom. The van der Waals surface area contributed by atoms with Crippen LogP contribution in [0.3, 0.4) is 0 Å². The summed E-state index contributed by atoms with van der Waals surface area (Å²) in [6.45, 7) is -0.514. The van der Waals surface area contributed by atoms with Crippen LogP contribution in [-0.4, -0.2) is 22.9 Å². The van der Waals surface area contributed by atoms with Crippen LogP contribution >= 0.6 is 24.0 Å². The zero-order valence-corrected chi connectivity index (χ0v) is 11.8. The molecule has 0 atom stereocenters. The van der Waals surface area contributed by atoms with Crippen molar-refractivity contribution in [1.82, 2.24) is 0 Å². The van der Waals surface area contributed by atoms with Gasteiger partial charge in [0.25, 0.3) is 0 Å². The molecule has 1 aromatic rings. The lowest BCUT2D eigenvalue weighted by molar-refractivity contribution is -0.138. The summed E-state index contributed by atoms with van der Waals surface area (Å²) in [5.74, 6) is -1.08. The Morgan fingerprint density at radius 3 is 2.29 bits per heavy atom. The molecule has 2 N–H and O–H groups in total. The molecule has 0 aliphatic carbocycles. The molecule has 0 saturated carbocycles. The van der Waals surface area contributed by atoms with E-state index in [0.717, 1.165) is 6.07 Å². The summed E-state index contributed by atoms with van der Waals surface area (Å²) in [7, 11) is 0. The first-order valence-electron chi connectivity index (χ1n) is 5.35. The van der Waals surface area contributed by atoms with Crippen molar-refractivity contribution in [2.45, 2.75) is 11.7 Å². The minimum Gasteiger partial charge on any atom is -0.492 e. The molecule has 0 aliphatic rings. The molecule has 0 aliphatic heterocycles. The highest BCUT2D eigenvalue weighted by Gasteiger charge is 2.35. The third-order valence-electron chi connectivity index (χ3n) is 2.18. The van der Waals surface area contributed by atoms with Gasteiger partial charge in [0.15, 0.2) is 0 Å². The SMILES string of the molecule is NC(=S)c1ccc(OCCSC(F)(F)F)c(C(F)(F)F)c1. The molecule has 0 spiro atoms. The fraction of sp³-hybridized carbons (Fsp3) is 0.364. The lowest BCUT2D eigenvalue weighted by atomic mass is 10.1. The average Bonchev–Trinajstić information content (AvgIpc) is 2.32. The molecule has 10 heteroatoms. The summed E-state index contributed by atoms with van der Waals surface area (Å²) < 4.78 is 79.0. The van der Waals surface area contributed by atoms with Gasteiger partial charge in [-0.1, -0.05) is 12.2 Å². The maximum atomic E-state index is 12.8. The van der Waals surface area contributed by atoms with Crippen molar-refractivity contribution in [2.24, 2.45) is 5.73 Å². The second-order valence-corrected chi connectivity index (χ2v) is 5.32. The summed E-state index contributed by atoms with van der Waals surface area (Å²) in [5, 5.41) is 0. The summed E-state index contributed by atoms with van der Waals surface area (Å²) in [6.07, 6.45) is -4.73. The Balaban J connectivity index is 2.84. The Kier molecular flexibility index (Phi) is 5.74. The van der Waals surface area contributed by atoms with Crippen molar-refractivity contribution in [3.63, 3.8) is 0 Å². The highest BCUT2D eigenvalue weighted by atomic mass is 32.2. The predicted molar refractivity (Wildman–Crippen MR) is 71.3 cm³/mol. The number of hydrogen-bond acceptors (Lipinski definition) is 3. The van der Waals surface area contributed by atoms with E-state index in [9.17, 15) is 26.3 Å². The highest BCUT2D eigenvalue weighted by Crippen LogP contribution is 2.37. The van der Waals surface area contributed by atoms with E-state index < -0.39 is 35.4 Å². The predicted octanol–water partition coefficient (Wildman–Crippen LogP) is 3.97. The van der Waals surface area contributed by atoms with Gasteiger partial charge in [-0.15, -0.1) is 0 Å². The Hall–Kier alpha value is -1.16. The van der Waals surface area contributed by atoms with Gasteiger partial charge < -0.3 is 10.5 Å². The van der Waals surface area contributed by atoms with Crippen LogP contribution in [0.25, 0.3) is 0 Å². The quantitative estimate of drug-likeness (QED) is 0.496. The van der Waals surface area contributed by atoms with Crippen molar-refractivity contribution in [3.8, 4) is 5.75 Å². The molecule has 21 heavy (non-hydrogen) atoms. The van der Waals surface area contributed by atoms with Crippen LogP contribution in [0.15, 0.2) is 18.2 Å². The molecular formula is C11H9F6NOS2. The van der Waals surface area contributed by atoms with Gasteiger partial charge in [-0.05, 0) is 30.0 Å². The van der Waals surface area contributed by atoms with Gasteiger partial charge in [-0.2, -0.15) is 26.3 Å². The summed E-state index contributed by atoms with van der Waals surface area (Å²) >= 11 is 4.20. The lowest BCUT2D eigenvalue weighted by Crippen LogP contribution is -2.15. The van der Waals surface area contributed by atoms with Crippen molar-refractivity contribution in [1.29, 1.82) is 0 Å². The Labute approximate surface area is 125 Å². The van der Waals surface area contributed by atoms with Crippen molar-refractivity contribution >= 4 is 29.0 Å². The Bertz CT molecular complexity index is 514. The molecule has 0 saturated heterocycles. The molecule has 2 nitrogen and oxygen atoms in total. The standard InChI is InChI=1S/C11H9F6NOS2/c12-10(13,14)7-5-6(9(18)20)1-2-8(7)19-3-4-21-11(15,16)17/h1-2,5H,3-4H2,(H2,18,20). The molecule has 1 aromatic carbocycles. The second-order valence-electron chi connectivity index (χ2n) is 3.72. The molecule has 0 aromatic heterocycles. The van der Waals surface area contributed by atoms with E-state index in [4.69, 9.17) is 10.5 Å².